The summed E-state index contributed by atoms with van der Waals surface area (Å²) in [7, 11) is 3.11. The van der Waals surface area contributed by atoms with E-state index in [0.29, 0.717) is 22.1 Å². The lowest BCUT2D eigenvalue weighted by Crippen LogP contribution is -2.05. The minimum Gasteiger partial charge on any atom is -0.493 e. The van der Waals surface area contributed by atoms with Gasteiger partial charge in [0, 0.05) is 10.6 Å². The summed E-state index contributed by atoms with van der Waals surface area (Å²) in [6.45, 7) is 0. The van der Waals surface area contributed by atoms with Gasteiger partial charge in [-0.15, -0.1) is 0 Å². The first-order valence-corrected chi connectivity index (χ1v) is 7.49. The molecule has 0 spiro atoms. The number of rotatable bonds is 4. The van der Waals surface area contributed by atoms with Gasteiger partial charge >= 0.3 is 5.97 Å². The maximum Gasteiger partial charge on any atom is 0.363 e. The molecule has 0 atom stereocenters. The van der Waals surface area contributed by atoms with E-state index in [1.54, 1.807) is 62.8 Å². The molecule has 0 fully saturated rings. The van der Waals surface area contributed by atoms with Gasteiger partial charge in [0.1, 0.15) is 0 Å². The van der Waals surface area contributed by atoms with Gasteiger partial charge in [-0.05, 0) is 48.0 Å². The number of aliphatic imine (C=N–C) groups is 1. The second kappa shape index (κ2) is 6.76. The number of hydrogen-bond donors (Lipinski definition) is 0. The Morgan fingerprint density at radius 2 is 1.75 bits per heavy atom. The van der Waals surface area contributed by atoms with Crippen molar-refractivity contribution < 1.29 is 19.0 Å². The molecule has 0 radical (unpaired) electrons. The monoisotopic (exact) mass is 343 g/mol. The first kappa shape index (κ1) is 16.1. The van der Waals surface area contributed by atoms with Crippen molar-refractivity contribution in [1.29, 1.82) is 0 Å². The summed E-state index contributed by atoms with van der Waals surface area (Å²) in [6, 6.07) is 12.2. The Labute approximate surface area is 144 Å². The van der Waals surface area contributed by atoms with Gasteiger partial charge in [0.15, 0.2) is 17.2 Å². The first-order valence-electron chi connectivity index (χ1n) is 7.11. The van der Waals surface area contributed by atoms with E-state index < -0.39 is 5.97 Å². The lowest BCUT2D eigenvalue weighted by Gasteiger charge is -2.07. The molecule has 0 saturated heterocycles. The first-order chi connectivity index (χ1) is 11.6. The summed E-state index contributed by atoms with van der Waals surface area (Å²) in [5.74, 6) is 0.928. The zero-order valence-corrected chi connectivity index (χ0v) is 13.8. The molecule has 5 nitrogen and oxygen atoms in total. The number of cyclic esters (lactones) is 1. The highest BCUT2D eigenvalue weighted by Gasteiger charge is 2.24. The van der Waals surface area contributed by atoms with Crippen LogP contribution in [0.25, 0.3) is 6.08 Å². The lowest BCUT2D eigenvalue weighted by atomic mass is 10.1. The number of hydrogen-bond acceptors (Lipinski definition) is 5. The van der Waals surface area contributed by atoms with Gasteiger partial charge in [-0.1, -0.05) is 17.7 Å². The fourth-order valence-corrected chi connectivity index (χ4v) is 2.35. The molecule has 2 aromatic carbocycles. The highest BCUT2D eigenvalue weighted by Crippen LogP contribution is 2.29. The molecule has 0 aromatic heterocycles. The summed E-state index contributed by atoms with van der Waals surface area (Å²) in [6.07, 6.45) is 1.63. The number of ether oxygens (including phenoxy) is 3. The minimum absolute atomic E-state index is 0.215. The van der Waals surface area contributed by atoms with E-state index in [2.05, 4.69) is 4.99 Å². The zero-order chi connectivity index (χ0) is 17.1. The van der Waals surface area contributed by atoms with E-state index in [9.17, 15) is 4.79 Å². The smallest absolute Gasteiger partial charge is 0.363 e. The van der Waals surface area contributed by atoms with Gasteiger partial charge in [0.2, 0.25) is 5.90 Å². The number of carbonyl (C=O) groups excluding carboxylic acids is 1. The number of methoxy groups -OCH3 is 2. The van der Waals surface area contributed by atoms with Gasteiger partial charge < -0.3 is 14.2 Å². The van der Waals surface area contributed by atoms with Crippen LogP contribution in [0.3, 0.4) is 0 Å². The second-order valence-corrected chi connectivity index (χ2v) is 5.39. The van der Waals surface area contributed by atoms with E-state index in [1.807, 2.05) is 0 Å². The molecular formula is C18H14ClNO4. The maximum atomic E-state index is 12.0. The van der Waals surface area contributed by atoms with Crippen LogP contribution >= 0.6 is 11.6 Å². The number of halogens is 1. The Bertz CT molecular complexity index is 841. The fraction of sp³-hybridized carbons (Fsp3) is 0.111. The Hall–Kier alpha value is -2.79. The molecule has 2 aromatic rings. The van der Waals surface area contributed by atoms with Crippen LogP contribution in [0.2, 0.25) is 5.02 Å². The van der Waals surface area contributed by atoms with Crippen molar-refractivity contribution in [1.82, 2.24) is 0 Å². The highest BCUT2D eigenvalue weighted by molar-refractivity contribution is 6.30. The summed E-state index contributed by atoms with van der Waals surface area (Å²) >= 11 is 5.86. The van der Waals surface area contributed by atoms with Crippen molar-refractivity contribution >= 4 is 29.5 Å². The Kier molecular flexibility index (Phi) is 4.53. The van der Waals surface area contributed by atoms with Crippen molar-refractivity contribution in [2.45, 2.75) is 0 Å². The van der Waals surface area contributed by atoms with Gasteiger partial charge in [0.25, 0.3) is 0 Å². The summed E-state index contributed by atoms with van der Waals surface area (Å²) in [5, 5.41) is 0.602. The molecule has 1 aliphatic rings. The van der Waals surface area contributed by atoms with Crippen LogP contribution in [-0.4, -0.2) is 26.1 Å². The molecule has 6 heteroatoms. The average molecular weight is 344 g/mol. The highest BCUT2D eigenvalue weighted by atomic mass is 35.5. The number of benzene rings is 2. The lowest BCUT2D eigenvalue weighted by molar-refractivity contribution is -0.129. The van der Waals surface area contributed by atoms with Crippen LogP contribution in [0, 0.1) is 0 Å². The fourth-order valence-electron chi connectivity index (χ4n) is 2.23. The molecule has 0 amide bonds. The van der Waals surface area contributed by atoms with Gasteiger partial charge in [-0.3, -0.25) is 0 Å². The van der Waals surface area contributed by atoms with Crippen molar-refractivity contribution in [3.63, 3.8) is 0 Å². The van der Waals surface area contributed by atoms with E-state index in [-0.39, 0.29) is 11.6 Å². The molecule has 122 valence electrons. The maximum absolute atomic E-state index is 12.0. The largest absolute Gasteiger partial charge is 0.493 e. The third-order valence-corrected chi connectivity index (χ3v) is 3.67. The standard InChI is InChI=1S/C18H14ClNO4/c1-22-15-8-3-11(10-16(15)23-2)9-14-18(21)24-17(20-14)12-4-6-13(19)7-5-12/h3-10H,1-2H3. The topological polar surface area (TPSA) is 57.1 Å². The third-order valence-electron chi connectivity index (χ3n) is 3.42. The van der Waals surface area contributed by atoms with E-state index in [0.717, 1.165) is 5.56 Å². The summed E-state index contributed by atoms with van der Waals surface area (Å²) in [4.78, 5) is 16.3. The number of nitrogens with zero attached hydrogens (tertiary/aromatic N) is 1. The van der Waals surface area contributed by atoms with Crippen molar-refractivity contribution in [3.05, 3.63) is 64.3 Å². The van der Waals surface area contributed by atoms with Crippen LogP contribution < -0.4 is 9.47 Å². The average Bonchev–Trinajstić information content (AvgIpc) is 2.96. The Morgan fingerprint density at radius 1 is 1.04 bits per heavy atom. The van der Waals surface area contributed by atoms with E-state index >= 15 is 0 Å². The molecule has 1 heterocycles. The Balaban J connectivity index is 1.92. The van der Waals surface area contributed by atoms with Crippen LogP contribution in [0.4, 0.5) is 0 Å². The molecule has 0 unspecified atom stereocenters. The number of carbonyl (C=O) groups is 1. The van der Waals surface area contributed by atoms with Crippen LogP contribution in [0.1, 0.15) is 11.1 Å². The molecule has 24 heavy (non-hydrogen) atoms. The quantitative estimate of drug-likeness (QED) is 0.627. The SMILES string of the molecule is COc1ccc(C=C2N=C(c3ccc(Cl)cc3)OC2=O)cc1OC. The Morgan fingerprint density at radius 3 is 2.42 bits per heavy atom. The molecule has 1 aliphatic heterocycles. The third kappa shape index (κ3) is 3.26. The van der Waals surface area contributed by atoms with Gasteiger partial charge in [-0.25, -0.2) is 9.79 Å². The predicted octanol–water partition coefficient (Wildman–Crippen LogP) is 3.70. The van der Waals surface area contributed by atoms with E-state index in [4.69, 9.17) is 25.8 Å². The summed E-state index contributed by atoms with van der Waals surface area (Å²) in [5.41, 5.74) is 1.65. The van der Waals surface area contributed by atoms with Crippen LogP contribution in [0.5, 0.6) is 11.5 Å². The molecule has 3 rings (SSSR count). The number of esters is 1. The minimum atomic E-state index is -0.505. The molecule has 0 aliphatic carbocycles. The summed E-state index contributed by atoms with van der Waals surface area (Å²) < 4.78 is 15.7. The molecule has 0 bridgehead atoms. The van der Waals surface area contributed by atoms with Crippen LogP contribution in [-0.2, 0) is 9.53 Å². The van der Waals surface area contributed by atoms with Gasteiger partial charge in [-0.2, -0.15) is 0 Å². The van der Waals surface area contributed by atoms with Crippen molar-refractivity contribution in [2.75, 3.05) is 14.2 Å². The molecule has 0 N–H and O–H groups in total. The zero-order valence-electron chi connectivity index (χ0n) is 13.1. The normalized spacial score (nSPS) is 15.2. The van der Waals surface area contributed by atoms with Crippen molar-refractivity contribution in [2.24, 2.45) is 4.99 Å². The van der Waals surface area contributed by atoms with E-state index in [1.165, 1.54) is 0 Å². The van der Waals surface area contributed by atoms with Gasteiger partial charge in [0.05, 0.1) is 14.2 Å². The predicted molar refractivity (Wildman–Crippen MR) is 91.6 cm³/mol. The molecule has 0 saturated carbocycles. The van der Waals surface area contributed by atoms with Crippen LogP contribution in [0.15, 0.2) is 53.2 Å². The second-order valence-electron chi connectivity index (χ2n) is 4.96. The van der Waals surface area contributed by atoms with Crippen molar-refractivity contribution in [3.8, 4) is 11.5 Å². The molecular weight excluding hydrogens is 330 g/mol.